The molecular weight excluding hydrogens is 410 g/mol. The van der Waals surface area contributed by atoms with Gasteiger partial charge in [-0.2, -0.15) is 0 Å². The van der Waals surface area contributed by atoms with E-state index in [0.717, 1.165) is 36.8 Å². The number of esters is 1. The molecule has 0 aliphatic carbocycles. The second-order valence-electron chi connectivity index (χ2n) is 7.61. The molecule has 1 atom stereocenters. The molecule has 1 aliphatic heterocycles. The highest BCUT2D eigenvalue weighted by atomic mass is 16.5. The zero-order valence-electron chi connectivity index (χ0n) is 17.4. The summed E-state index contributed by atoms with van der Waals surface area (Å²) >= 11 is 0. The van der Waals surface area contributed by atoms with E-state index in [0.29, 0.717) is 22.5 Å². The Morgan fingerprint density at radius 1 is 1.16 bits per heavy atom. The molecule has 1 aliphatic rings. The Morgan fingerprint density at radius 3 is 2.81 bits per heavy atom. The van der Waals surface area contributed by atoms with Gasteiger partial charge in [0.1, 0.15) is 23.2 Å². The number of H-pyrrole nitrogens is 1. The van der Waals surface area contributed by atoms with Gasteiger partial charge in [0.05, 0.1) is 11.8 Å². The van der Waals surface area contributed by atoms with Crippen molar-refractivity contribution in [2.45, 2.75) is 25.9 Å². The number of benzene rings is 1. The number of carbonyl (C=O) groups excluding carboxylic acids is 2. The van der Waals surface area contributed by atoms with E-state index in [1.807, 2.05) is 24.3 Å². The van der Waals surface area contributed by atoms with Gasteiger partial charge in [-0.25, -0.2) is 24.7 Å². The average Bonchev–Trinajstić information content (AvgIpc) is 3.50. The average molecular weight is 431 g/mol. The minimum Gasteiger partial charge on any atom is -0.449 e. The number of aromatic amines is 1. The monoisotopic (exact) mass is 431 g/mol. The van der Waals surface area contributed by atoms with Gasteiger partial charge < -0.3 is 19.9 Å². The van der Waals surface area contributed by atoms with Crippen LogP contribution in [-0.2, 0) is 9.53 Å². The predicted molar refractivity (Wildman–Crippen MR) is 118 cm³/mol. The molecule has 5 rings (SSSR count). The van der Waals surface area contributed by atoms with E-state index in [1.54, 1.807) is 6.07 Å². The maximum absolute atomic E-state index is 13.1. The topological polar surface area (TPSA) is 126 Å². The Balaban J connectivity index is 1.38. The van der Waals surface area contributed by atoms with Gasteiger partial charge in [0.15, 0.2) is 17.6 Å². The van der Waals surface area contributed by atoms with Crippen molar-refractivity contribution in [1.82, 2.24) is 24.9 Å². The van der Waals surface area contributed by atoms with Gasteiger partial charge in [-0.3, -0.25) is 4.79 Å². The van der Waals surface area contributed by atoms with Gasteiger partial charge in [-0.15, -0.1) is 0 Å². The molecule has 3 aromatic heterocycles. The molecule has 4 heterocycles. The zero-order chi connectivity index (χ0) is 22.1. The maximum atomic E-state index is 13.1. The molecule has 0 saturated carbocycles. The smallest absolute Gasteiger partial charge is 0.342 e. The largest absolute Gasteiger partial charge is 0.449 e. The molecule has 10 nitrogen and oxygen atoms in total. The van der Waals surface area contributed by atoms with Crippen LogP contribution in [0.15, 0.2) is 43.0 Å². The quantitative estimate of drug-likeness (QED) is 0.462. The number of pyridine rings is 1. The molecule has 1 unspecified atom stereocenters. The van der Waals surface area contributed by atoms with Crippen molar-refractivity contribution >= 4 is 45.6 Å². The number of aromatic nitrogens is 5. The first-order valence-electron chi connectivity index (χ1n) is 10.4. The van der Waals surface area contributed by atoms with Crippen LogP contribution >= 0.6 is 0 Å². The highest BCUT2D eigenvalue weighted by Gasteiger charge is 2.26. The number of fused-ring (bicyclic) bond motifs is 2. The second-order valence-corrected chi connectivity index (χ2v) is 7.61. The van der Waals surface area contributed by atoms with Gasteiger partial charge in [-0.1, -0.05) is 18.2 Å². The van der Waals surface area contributed by atoms with Crippen LogP contribution in [0.3, 0.4) is 0 Å². The molecule has 1 aromatic carbocycles. The minimum absolute atomic E-state index is 0.269. The molecule has 162 valence electrons. The number of anilines is 2. The van der Waals surface area contributed by atoms with Gasteiger partial charge in [-0.05, 0) is 31.9 Å². The summed E-state index contributed by atoms with van der Waals surface area (Å²) in [5.74, 6) is -0.245. The van der Waals surface area contributed by atoms with E-state index >= 15 is 0 Å². The lowest BCUT2D eigenvalue weighted by molar-refractivity contribution is -0.123. The van der Waals surface area contributed by atoms with Crippen molar-refractivity contribution < 1.29 is 14.3 Å². The van der Waals surface area contributed by atoms with E-state index in [2.05, 4.69) is 30.2 Å². The van der Waals surface area contributed by atoms with Crippen molar-refractivity contribution in [3.05, 3.63) is 48.5 Å². The SMILES string of the molecule is CC(OC(=O)c1cc2ccccc2nc1N1CCCC1)C(=O)Nc1ncnc2nc[nH]c12. The van der Waals surface area contributed by atoms with Gasteiger partial charge in [0.25, 0.3) is 5.91 Å². The molecule has 0 radical (unpaired) electrons. The third-order valence-electron chi connectivity index (χ3n) is 5.45. The van der Waals surface area contributed by atoms with Crippen LogP contribution in [0.25, 0.3) is 22.1 Å². The van der Waals surface area contributed by atoms with E-state index in [-0.39, 0.29) is 5.82 Å². The van der Waals surface area contributed by atoms with Crippen LogP contribution in [0, 0.1) is 0 Å². The molecule has 1 fully saturated rings. The molecule has 0 spiro atoms. The molecule has 4 aromatic rings. The number of nitrogens with zero attached hydrogens (tertiary/aromatic N) is 5. The highest BCUT2D eigenvalue weighted by molar-refractivity contribution is 6.03. The lowest BCUT2D eigenvalue weighted by Gasteiger charge is -2.21. The van der Waals surface area contributed by atoms with Crippen LogP contribution < -0.4 is 10.2 Å². The lowest BCUT2D eigenvalue weighted by Crippen LogP contribution is -2.31. The Morgan fingerprint density at radius 2 is 1.97 bits per heavy atom. The lowest BCUT2D eigenvalue weighted by atomic mass is 10.1. The highest BCUT2D eigenvalue weighted by Crippen LogP contribution is 2.27. The summed E-state index contributed by atoms with van der Waals surface area (Å²) in [5, 5.41) is 3.50. The first kappa shape index (κ1) is 19.9. The van der Waals surface area contributed by atoms with E-state index in [1.165, 1.54) is 19.6 Å². The predicted octanol–water partition coefficient (Wildman–Crippen LogP) is 2.69. The summed E-state index contributed by atoms with van der Waals surface area (Å²) in [6, 6.07) is 9.40. The first-order chi connectivity index (χ1) is 15.6. The number of hydrogen-bond donors (Lipinski definition) is 2. The number of para-hydroxylation sites is 1. The summed E-state index contributed by atoms with van der Waals surface area (Å²) in [6.45, 7) is 3.17. The fraction of sp³-hybridized carbons (Fsp3) is 0.273. The first-order valence-corrected chi connectivity index (χ1v) is 10.4. The number of carbonyl (C=O) groups is 2. The van der Waals surface area contributed by atoms with Crippen molar-refractivity contribution in [1.29, 1.82) is 0 Å². The van der Waals surface area contributed by atoms with Crippen LogP contribution in [0.5, 0.6) is 0 Å². The number of nitrogens with one attached hydrogen (secondary N) is 2. The van der Waals surface area contributed by atoms with E-state index < -0.39 is 18.0 Å². The third kappa shape index (κ3) is 3.70. The maximum Gasteiger partial charge on any atom is 0.342 e. The number of amides is 1. The van der Waals surface area contributed by atoms with E-state index in [9.17, 15) is 9.59 Å². The zero-order valence-corrected chi connectivity index (χ0v) is 17.4. The Hall–Kier alpha value is -4.08. The minimum atomic E-state index is -1.05. The molecule has 32 heavy (non-hydrogen) atoms. The van der Waals surface area contributed by atoms with Crippen LogP contribution in [0.4, 0.5) is 11.6 Å². The summed E-state index contributed by atoms with van der Waals surface area (Å²) in [7, 11) is 0. The molecule has 1 amide bonds. The summed E-state index contributed by atoms with van der Waals surface area (Å²) in [4.78, 5) is 47.6. The van der Waals surface area contributed by atoms with Gasteiger partial charge in [0.2, 0.25) is 0 Å². The standard InChI is InChI=1S/C22H21N7O3/c1-13(21(30)28-19-17-18(24-11-23-17)25-12-26-19)32-22(31)15-10-14-6-2-3-7-16(14)27-20(15)29-8-4-5-9-29/h2-3,6-7,10-13H,4-5,8-9H2,1H3,(H2,23,24,25,26,28,30). The number of hydrogen-bond acceptors (Lipinski definition) is 8. The van der Waals surface area contributed by atoms with Crippen molar-refractivity contribution in [2.24, 2.45) is 0 Å². The number of ether oxygens (including phenoxy) is 1. The van der Waals surface area contributed by atoms with Crippen molar-refractivity contribution in [3.8, 4) is 0 Å². The summed E-state index contributed by atoms with van der Waals surface area (Å²) in [5.41, 5.74) is 2.08. The van der Waals surface area contributed by atoms with Crippen molar-refractivity contribution in [3.63, 3.8) is 0 Å². The second kappa shape index (κ2) is 8.22. The Labute approximate surface area is 183 Å². The molecule has 10 heteroatoms. The summed E-state index contributed by atoms with van der Waals surface area (Å²) in [6.07, 6.45) is 3.81. The summed E-state index contributed by atoms with van der Waals surface area (Å²) < 4.78 is 5.53. The molecule has 2 N–H and O–H groups in total. The normalized spacial score (nSPS) is 14.6. The molecule has 1 saturated heterocycles. The van der Waals surface area contributed by atoms with Gasteiger partial charge in [0, 0.05) is 18.5 Å². The molecule has 0 bridgehead atoms. The van der Waals surface area contributed by atoms with Crippen LogP contribution in [0.2, 0.25) is 0 Å². The third-order valence-corrected chi connectivity index (χ3v) is 5.45. The van der Waals surface area contributed by atoms with Crippen molar-refractivity contribution in [2.75, 3.05) is 23.3 Å². The molecular formula is C22H21N7O3. The number of rotatable bonds is 5. The van der Waals surface area contributed by atoms with Crippen LogP contribution in [0.1, 0.15) is 30.1 Å². The number of imidazole rings is 1. The van der Waals surface area contributed by atoms with Crippen LogP contribution in [-0.4, -0.2) is 56.0 Å². The Bertz CT molecular complexity index is 1310. The van der Waals surface area contributed by atoms with Gasteiger partial charge >= 0.3 is 5.97 Å². The van der Waals surface area contributed by atoms with E-state index in [4.69, 9.17) is 9.72 Å². The Kier molecular flexibility index (Phi) is 5.10. The fourth-order valence-electron chi connectivity index (χ4n) is 3.78. The fourth-order valence-corrected chi connectivity index (χ4v) is 3.78.